The molecule has 1 unspecified atom stereocenters. The number of benzene rings is 2. The molecule has 2 N–H and O–H groups in total. The lowest BCUT2D eigenvalue weighted by atomic mass is 10.0. The van der Waals surface area contributed by atoms with Crippen LogP contribution in [0.3, 0.4) is 0 Å². The number of aromatic hydroxyl groups is 1. The molecule has 0 amide bonds. The highest BCUT2D eigenvalue weighted by Crippen LogP contribution is 2.25. The van der Waals surface area contributed by atoms with Gasteiger partial charge in [-0.05, 0) is 48.4 Å². The molecule has 108 valence electrons. The highest BCUT2D eigenvalue weighted by Gasteiger charge is 2.09. The van der Waals surface area contributed by atoms with Gasteiger partial charge in [0.1, 0.15) is 17.6 Å². The highest BCUT2D eigenvalue weighted by atomic mass is 16.5. The van der Waals surface area contributed by atoms with Gasteiger partial charge in [0.15, 0.2) is 6.61 Å². The van der Waals surface area contributed by atoms with Gasteiger partial charge in [0.05, 0.1) is 6.04 Å². The van der Waals surface area contributed by atoms with Crippen LogP contribution in [-0.4, -0.2) is 11.7 Å². The number of hydrogen-bond donors (Lipinski definition) is 2. The van der Waals surface area contributed by atoms with Crippen LogP contribution in [0.25, 0.3) is 0 Å². The second-order valence-electron chi connectivity index (χ2n) is 4.67. The standard InChI is InChI=1S/C17H18N2O2/c1-2-17(13-3-7-15(20)8-4-13)19-14-5-9-16(10-6-14)21-12-11-18/h3-10,17,19-20H,2,12H2,1H3. The molecular weight excluding hydrogens is 264 g/mol. The summed E-state index contributed by atoms with van der Waals surface area (Å²) >= 11 is 0. The van der Waals surface area contributed by atoms with E-state index < -0.39 is 0 Å². The van der Waals surface area contributed by atoms with E-state index >= 15 is 0 Å². The van der Waals surface area contributed by atoms with Crippen LogP contribution in [0.15, 0.2) is 48.5 Å². The first kappa shape index (κ1) is 14.7. The molecule has 0 saturated carbocycles. The number of phenolic OH excluding ortho intramolecular Hbond substituents is 1. The van der Waals surface area contributed by atoms with Crippen LogP contribution in [0, 0.1) is 11.3 Å². The summed E-state index contributed by atoms with van der Waals surface area (Å²) in [6.07, 6.45) is 0.928. The number of hydrogen-bond acceptors (Lipinski definition) is 4. The van der Waals surface area contributed by atoms with Gasteiger partial charge in [-0.2, -0.15) is 5.26 Å². The molecule has 2 aromatic carbocycles. The van der Waals surface area contributed by atoms with Crippen molar-refractivity contribution < 1.29 is 9.84 Å². The van der Waals surface area contributed by atoms with Gasteiger partial charge in [0.2, 0.25) is 0 Å². The van der Waals surface area contributed by atoms with Gasteiger partial charge < -0.3 is 15.2 Å². The van der Waals surface area contributed by atoms with E-state index in [0.717, 1.165) is 17.7 Å². The van der Waals surface area contributed by atoms with Crippen molar-refractivity contribution in [1.82, 2.24) is 0 Å². The molecule has 0 aliphatic heterocycles. The lowest BCUT2D eigenvalue weighted by Gasteiger charge is -2.19. The maximum atomic E-state index is 9.35. The molecule has 0 aliphatic rings. The van der Waals surface area contributed by atoms with Crippen molar-refractivity contribution in [2.75, 3.05) is 11.9 Å². The van der Waals surface area contributed by atoms with Crippen molar-refractivity contribution in [2.45, 2.75) is 19.4 Å². The van der Waals surface area contributed by atoms with Gasteiger partial charge in [0, 0.05) is 5.69 Å². The van der Waals surface area contributed by atoms with Crippen LogP contribution in [0.4, 0.5) is 5.69 Å². The molecule has 21 heavy (non-hydrogen) atoms. The lowest BCUT2D eigenvalue weighted by molar-refractivity contribution is 0.368. The van der Waals surface area contributed by atoms with Gasteiger partial charge in [0.25, 0.3) is 0 Å². The predicted molar refractivity (Wildman–Crippen MR) is 82.3 cm³/mol. The zero-order valence-corrected chi connectivity index (χ0v) is 11.9. The van der Waals surface area contributed by atoms with E-state index in [4.69, 9.17) is 10.00 Å². The summed E-state index contributed by atoms with van der Waals surface area (Å²) in [4.78, 5) is 0. The van der Waals surface area contributed by atoms with Gasteiger partial charge in [-0.1, -0.05) is 19.1 Å². The minimum absolute atomic E-state index is 0.0534. The number of nitrogens with one attached hydrogen (secondary N) is 1. The highest BCUT2D eigenvalue weighted by molar-refractivity contribution is 5.48. The Morgan fingerprint density at radius 2 is 1.81 bits per heavy atom. The average Bonchev–Trinajstić information content (AvgIpc) is 2.53. The van der Waals surface area contributed by atoms with E-state index in [2.05, 4.69) is 12.2 Å². The topological polar surface area (TPSA) is 65.3 Å². The first-order valence-corrected chi connectivity index (χ1v) is 6.88. The van der Waals surface area contributed by atoms with Crippen molar-refractivity contribution in [2.24, 2.45) is 0 Å². The monoisotopic (exact) mass is 282 g/mol. The Bertz CT molecular complexity index is 600. The first-order chi connectivity index (χ1) is 10.2. The second-order valence-corrected chi connectivity index (χ2v) is 4.67. The summed E-state index contributed by atoms with van der Waals surface area (Å²) in [7, 11) is 0. The fourth-order valence-corrected chi connectivity index (χ4v) is 2.09. The Morgan fingerprint density at radius 1 is 1.14 bits per heavy atom. The van der Waals surface area contributed by atoms with Crippen LogP contribution in [0.5, 0.6) is 11.5 Å². The predicted octanol–water partition coefficient (Wildman–Crippen LogP) is 3.86. The number of nitrogens with zero attached hydrogens (tertiary/aromatic N) is 1. The maximum absolute atomic E-state index is 9.35. The van der Waals surface area contributed by atoms with E-state index in [1.165, 1.54) is 0 Å². The molecule has 0 fully saturated rings. The molecule has 0 saturated heterocycles. The molecule has 2 aromatic rings. The number of phenols is 1. The molecule has 2 rings (SSSR count). The number of nitriles is 1. The van der Waals surface area contributed by atoms with Gasteiger partial charge in [-0.25, -0.2) is 0 Å². The lowest BCUT2D eigenvalue weighted by Crippen LogP contribution is -2.09. The van der Waals surface area contributed by atoms with E-state index in [-0.39, 0.29) is 18.4 Å². The molecule has 0 spiro atoms. The summed E-state index contributed by atoms with van der Waals surface area (Å²) in [5.74, 6) is 0.951. The van der Waals surface area contributed by atoms with Crippen molar-refractivity contribution in [1.29, 1.82) is 5.26 Å². The Labute approximate surface area is 124 Å². The smallest absolute Gasteiger partial charge is 0.174 e. The molecule has 0 bridgehead atoms. The second kappa shape index (κ2) is 7.20. The zero-order valence-electron chi connectivity index (χ0n) is 11.9. The van der Waals surface area contributed by atoms with Crippen molar-refractivity contribution >= 4 is 5.69 Å². The summed E-state index contributed by atoms with van der Waals surface area (Å²) < 4.78 is 5.22. The van der Waals surface area contributed by atoms with Crippen molar-refractivity contribution in [3.63, 3.8) is 0 Å². The summed E-state index contributed by atoms with van der Waals surface area (Å²) in [6.45, 7) is 2.16. The molecule has 0 heterocycles. The molecular formula is C17H18N2O2. The summed E-state index contributed by atoms with van der Waals surface area (Å²) in [5, 5.41) is 21.3. The molecule has 0 radical (unpaired) electrons. The first-order valence-electron chi connectivity index (χ1n) is 6.88. The van der Waals surface area contributed by atoms with Crippen LogP contribution >= 0.6 is 0 Å². The average molecular weight is 282 g/mol. The van der Waals surface area contributed by atoms with Crippen LogP contribution in [0.1, 0.15) is 24.9 Å². The zero-order chi connectivity index (χ0) is 15.1. The third kappa shape index (κ3) is 4.15. The summed E-state index contributed by atoms with van der Waals surface area (Å²) in [5.41, 5.74) is 2.11. The molecule has 0 aliphatic carbocycles. The fraction of sp³-hybridized carbons (Fsp3) is 0.235. The Morgan fingerprint density at radius 3 is 2.38 bits per heavy atom. The molecule has 4 nitrogen and oxygen atoms in total. The van der Waals surface area contributed by atoms with Gasteiger partial charge >= 0.3 is 0 Å². The Hall–Kier alpha value is -2.67. The maximum Gasteiger partial charge on any atom is 0.174 e. The number of anilines is 1. The third-order valence-corrected chi connectivity index (χ3v) is 3.20. The van der Waals surface area contributed by atoms with Crippen LogP contribution in [-0.2, 0) is 0 Å². The quantitative estimate of drug-likeness (QED) is 0.844. The van der Waals surface area contributed by atoms with Gasteiger partial charge in [-0.3, -0.25) is 0 Å². The van der Waals surface area contributed by atoms with E-state index in [1.54, 1.807) is 12.1 Å². The third-order valence-electron chi connectivity index (χ3n) is 3.20. The van der Waals surface area contributed by atoms with Gasteiger partial charge in [-0.15, -0.1) is 0 Å². The Kier molecular flexibility index (Phi) is 5.05. The van der Waals surface area contributed by atoms with E-state index in [9.17, 15) is 5.11 Å². The van der Waals surface area contributed by atoms with Crippen molar-refractivity contribution in [3.8, 4) is 17.6 Å². The fourth-order valence-electron chi connectivity index (χ4n) is 2.09. The largest absolute Gasteiger partial charge is 0.508 e. The summed E-state index contributed by atoms with van der Waals surface area (Å²) in [6, 6.07) is 16.9. The van der Waals surface area contributed by atoms with Crippen molar-refractivity contribution in [3.05, 3.63) is 54.1 Å². The molecule has 4 heteroatoms. The minimum Gasteiger partial charge on any atom is -0.508 e. The number of rotatable bonds is 6. The molecule has 0 aromatic heterocycles. The minimum atomic E-state index is 0.0534. The van der Waals surface area contributed by atoms with Crippen LogP contribution < -0.4 is 10.1 Å². The Balaban J connectivity index is 2.04. The normalized spacial score (nSPS) is 11.4. The number of ether oxygens (including phenoxy) is 1. The van der Waals surface area contributed by atoms with Crippen LogP contribution in [0.2, 0.25) is 0 Å². The molecule has 1 atom stereocenters. The van der Waals surface area contributed by atoms with E-state index in [0.29, 0.717) is 5.75 Å². The SMILES string of the molecule is CCC(Nc1ccc(OCC#N)cc1)c1ccc(O)cc1. The van der Waals surface area contributed by atoms with E-state index in [1.807, 2.05) is 42.5 Å².